The van der Waals surface area contributed by atoms with Crippen LogP contribution in [0.25, 0.3) is 21.7 Å². The monoisotopic (exact) mass is 550 g/mol. The number of pyridine rings is 1. The predicted octanol–water partition coefficient (Wildman–Crippen LogP) is 6.42. The van der Waals surface area contributed by atoms with Crippen LogP contribution in [0.1, 0.15) is 59.6 Å². The maximum atomic E-state index is 12.3. The van der Waals surface area contributed by atoms with Crippen LogP contribution < -0.4 is 4.74 Å². The Morgan fingerprint density at radius 1 is 1.15 bits per heavy atom. The topological polar surface area (TPSA) is 105 Å². The number of morpholine rings is 1. The van der Waals surface area contributed by atoms with Crippen LogP contribution >= 0.6 is 11.6 Å². The van der Waals surface area contributed by atoms with Crippen molar-refractivity contribution in [2.45, 2.75) is 38.1 Å². The first kappa shape index (κ1) is 25.9. The molecule has 2 fully saturated rings. The van der Waals surface area contributed by atoms with Gasteiger partial charge in [0, 0.05) is 52.1 Å². The molecule has 1 saturated heterocycles. The number of carbonyl (C=O) groups is 1. The second-order valence-corrected chi connectivity index (χ2v) is 10.8. The molecule has 0 amide bonds. The smallest absolute Gasteiger partial charge is 0.339 e. The lowest BCUT2D eigenvalue weighted by molar-refractivity contribution is 0.0238. The fraction of sp³-hybridized carbons (Fsp3) is 0.400. The molecule has 1 saturated carbocycles. The number of aromatic hydroxyl groups is 1. The van der Waals surface area contributed by atoms with E-state index in [1.807, 2.05) is 12.1 Å². The number of aromatic nitrogens is 1. The second-order valence-electron chi connectivity index (χ2n) is 10.4. The highest BCUT2D eigenvalue weighted by Crippen LogP contribution is 2.47. The van der Waals surface area contributed by atoms with Crippen molar-refractivity contribution in [3.8, 4) is 11.6 Å². The van der Waals surface area contributed by atoms with Crippen molar-refractivity contribution in [2.75, 3.05) is 32.9 Å². The fourth-order valence-corrected chi connectivity index (χ4v) is 6.29. The predicted molar refractivity (Wildman–Crippen MR) is 148 cm³/mol. The van der Waals surface area contributed by atoms with Crippen LogP contribution in [0.3, 0.4) is 0 Å². The lowest BCUT2D eigenvalue weighted by Gasteiger charge is -2.36. The average Bonchev–Trinajstić information content (AvgIpc) is 3.62. The summed E-state index contributed by atoms with van der Waals surface area (Å²) >= 11 is 6.32. The first-order valence-electron chi connectivity index (χ1n) is 13.5. The summed E-state index contributed by atoms with van der Waals surface area (Å²) in [5.74, 6) is 0.0588. The maximum absolute atomic E-state index is 12.3. The van der Waals surface area contributed by atoms with Gasteiger partial charge in [0.15, 0.2) is 0 Å². The molecule has 2 aromatic carbocycles. The Balaban J connectivity index is 1.49. The SMILES string of the molecule is O=C(O)c1coc2c1c(C(c1ccnc(OCCC3CCCC3)c1)N1CCOCC1)c(O)c1cc(Cl)ccc12. The minimum atomic E-state index is -1.13. The minimum Gasteiger partial charge on any atom is -0.507 e. The highest BCUT2D eigenvalue weighted by Gasteiger charge is 2.33. The zero-order valence-corrected chi connectivity index (χ0v) is 22.3. The van der Waals surface area contributed by atoms with Gasteiger partial charge < -0.3 is 24.1 Å². The van der Waals surface area contributed by atoms with Crippen molar-refractivity contribution in [3.63, 3.8) is 0 Å². The van der Waals surface area contributed by atoms with Crippen molar-refractivity contribution in [1.82, 2.24) is 9.88 Å². The van der Waals surface area contributed by atoms with Crippen molar-refractivity contribution in [1.29, 1.82) is 0 Å². The summed E-state index contributed by atoms with van der Waals surface area (Å²) < 4.78 is 17.6. The fourth-order valence-electron chi connectivity index (χ4n) is 6.12. The number of aromatic carboxylic acids is 1. The molecule has 4 aromatic rings. The normalized spacial score (nSPS) is 17.7. The Hall–Kier alpha value is -3.33. The van der Waals surface area contributed by atoms with Crippen LogP contribution in [0.4, 0.5) is 0 Å². The van der Waals surface area contributed by atoms with Crippen LogP contribution in [0.15, 0.2) is 47.2 Å². The third kappa shape index (κ3) is 5.04. The Kier molecular flexibility index (Phi) is 7.34. The highest BCUT2D eigenvalue weighted by molar-refractivity contribution is 6.32. The van der Waals surface area contributed by atoms with Crippen molar-refractivity contribution in [3.05, 3.63) is 64.5 Å². The molecule has 39 heavy (non-hydrogen) atoms. The van der Waals surface area contributed by atoms with Gasteiger partial charge in [0.05, 0.1) is 25.9 Å². The summed E-state index contributed by atoms with van der Waals surface area (Å²) in [5, 5.41) is 23.8. The molecule has 0 bridgehead atoms. The summed E-state index contributed by atoms with van der Waals surface area (Å²) in [5.41, 5.74) is 1.67. The van der Waals surface area contributed by atoms with Crippen molar-refractivity contribution in [2.24, 2.45) is 5.92 Å². The van der Waals surface area contributed by atoms with Gasteiger partial charge in [-0.3, -0.25) is 4.90 Å². The van der Waals surface area contributed by atoms with Gasteiger partial charge in [0.1, 0.15) is 23.2 Å². The lowest BCUT2D eigenvalue weighted by atomic mass is 9.89. The number of ether oxygens (including phenoxy) is 2. The first-order chi connectivity index (χ1) is 19.0. The Bertz CT molecular complexity index is 1510. The molecule has 1 aliphatic heterocycles. The molecule has 2 aliphatic rings. The molecule has 0 radical (unpaired) electrons. The third-order valence-corrected chi connectivity index (χ3v) is 8.27. The Labute approximate surface area is 231 Å². The summed E-state index contributed by atoms with van der Waals surface area (Å²) in [4.78, 5) is 19.0. The van der Waals surface area contributed by atoms with E-state index >= 15 is 0 Å². The van der Waals surface area contributed by atoms with Gasteiger partial charge in [-0.25, -0.2) is 9.78 Å². The van der Waals surface area contributed by atoms with E-state index in [9.17, 15) is 15.0 Å². The van der Waals surface area contributed by atoms with E-state index < -0.39 is 12.0 Å². The maximum Gasteiger partial charge on any atom is 0.339 e. The molecule has 1 aliphatic carbocycles. The van der Waals surface area contributed by atoms with Gasteiger partial charge in [-0.05, 0) is 42.2 Å². The summed E-state index contributed by atoms with van der Waals surface area (Å²) in [6.45, 7) is 2.83. The van der Waals surface area contributed by atoms with E-state index in [1.165, 1.54) is 31.9 Å². The number of hydrogen-bond acceptors (Lipinski definition) is 7. The summed E-state index contributed by atoms with van der Waals surface area (Å²) in [6.07, 6.45) is 9.05. The van der Waals surface area contributed by atoms with E-state index in [0.29, 0.717) is 77.0 Å². The Morgan fingerprint density at radius 3 is 2.72 bits per heavy atom. The Morgan fingerprint density at radius 2 is 1.95 bits per heavy atom. The van der Waals surface area contributed by atoms with E-state index in [4.69, 9.17) is 25.5 Å². The number of furan rings is 1. The second kappa shape index (κ2) is 11.0. The number of hydrogen-bond donors (Lipinski definition) is 2. The van der Waals surface area contributed by atoms with Crippen molar-refractivity contribution < 1.29 is 28.9 Å². The van der Waals surface area contributed by atoms with Crippen LogP contribution in [0.2, 0.25) is 5.02 Å². The number of nitrogens with zero attached hydrogens (tertiary/aromatic N) is 2. The molecule has 2 aromatic heterocycles. The average molecular weight is 551 g/mol. The number of halogens is 1. The number of phenols is 1. The van der Waals surface area contributed by atoms with Gasteiger partial charge in [0.2, 0.25) is 5.88 Å². The van der Waals surface area contributed by atoms with Gasteiger partial charge in [-0.1, -0.05) is 37.3 Å². The van der Waals surface area contributed by atoms with Gasteiger partial charge in [0.25, 0.3) is 0 Å². The standard InChI is InChI=1S/C30H31ClN2O6/c31-20-5-6-21-22(16-20)28(34)26(25-23(30(35)36)17-39-29(21)25)27(33-10-13-37-14-11-33)19-7-9-32-24(15-19)38-12-8-18-3-1-2-4-18/h5-7,9,15-18,27,34H,1-4,8,10-14H2,(H,35,36). The molecular weight excluding hydrogens is 520 g/mol. The molecule has 1 atom stereocenters. The molecule has 8 nitrogen and oxygen atoms in total. The molecule has 9 heteroatoms. The molecule has 2 N–H and O–H groups in total. The molecule has 204 valence electrons. The van der Waals surface area contributed by atoms with E-state index in [-0.39, 0.29) is 11.3 Å². The van der Waals surface area contributed by atoms with E-state index in [2.05, 4.69) is 9.88 Å². The van der Waals surface area contributed by atoms with Crippen LogP contribution in [-0.2, 0) is 4.74 Å². The molecule has 1 unspecified atom stereocenters. The zero-order valence-electron chi connectivity index (χ0n) is 21.6. The van der Waals surface area contributed by atoms with Gasteiger partial charge >= 0.3 is 5.97 Å². The lowest BCUT2D eigenvalue weighted by Crippen LogP contribution is -2.39. The molecule has 0 spiro atoms. The van der Waals surface area contributed by atoms with E-state index in [0.717, 1.165) is 12.0 Å². The number of phenolic OH excluding ortho intramolecular Hbond substituents is 1. The van der Waals surface area contributed by atoms with E-state index in [1.54, 1.807) is 24.4 Å². The van der Waals surface area contributed by atoms with Crippen LogP contribution in [0, 0.1) is 5.92 Å². The first-order valence-corrected chi connectivity index (χ1v) is 13.9. The highest BCUT2D eigenvalue weighted by atomic mass is 35.5. The minimum absolute atomic E-state index is 0.00694. The van der Waals surface area contributed by atoms with Crippen molar-refractivity contribution >= 4 is 39.3 Å². The molecular formula is C30H31ClN2O6. The molecule has 3 heterocycles. The number of fused-ring (bicyclic) bond motifs is 3. The zero-order chi connectivity index (χ0) is 26.9. The number of benzene rings is 2. The van der Waals surface area contributed by atoms with Crippen LogP contribution in [-0.4, -0.2) is 59.0 Å². The quantitative estimate of drug-likeness (QED) is 0.259. The van der Waals surface area contributed by atoms with Gasteiger partial charge in [-0.15, -0.1) is 0 Å². The number of carboxylic acids is 1. The number of rotatable bonds is 8. The largest absolute Gasteiger partial charge is 0.507 e. The van der Waals surface area contributed by atoms with Gasteiger partial charge in [-0.2, -0.15) is 0 Å². The number of carboxylic acid groups (broad SMARTS) is 1. The van der Waals surface area contributed by atoms with Crippen LogP contribution in [0.5, 0.6) is 11.6 Å². The summed E-state index contributed by atoms with van der Waals surface area (Å²) in [7, 11) is 0. The molecule has 6 rings (SSSR count). The third-order valence-electron chi connectivity index (χ3n) is 8.04. The summed E-state index contributed by atoms with van der Waals surface area (Å²) in [6, 6.07) is 8.39.